The number of hydrogen-bond acceptors (Lipinski definition) is 2. The van der Waals surface area contributed by atoms with Gasteiger partial charge in [0.1, 0.15) is 5.88 Å². The highest BCUT2D eigenvalue weighted by Crippen LogP contribution is 2.35. The quantitative estimate of drug-likeness (QED) is 0.767. The molecule has 1 aliphatic carbocycles. The first-order valence-electron chi connectivity index (χ1n) is 5.16. The Labute approximate surface area is 93.4 Å². The molecule has 4 nitrogen and oxygen atoms in total. The second-order valence-electron chi connectivity index (χ2n) is 3.86. The number of amides is 1. The van der Waals surface area contributed by atoms with E-state index in [1.165, 1.54) is 19.3 Å². The summed E-state index contributed by atoms with van der Waals surface area (Å²) in [6.45, 7) is 0.477. The van der Waals surface area contributed by atoms with E-state index in [0.29, 0.717) is 12.5 Å². The van der Waals surface area contributed by atoms with Gasteiger partial charge in [-0.3, -0.25) is 9.89 Å². The molecule has 0 radical (unpaired) electrons. The Morgan fingerprint density at radius 2 is 2.47 bits per heavy atom. The molecule has 5 heteroatoms. The summed E-state index contributed by atoms with van der Waals surface area (Å²) >= 11 is 5.37. The Bertz CT molecular complexity index is 346. The number of rotatable bonds is 4. The molecule has 82 valence electrons. The summed E-state index contributed by atoms with van der Waals surface area (Å²) < 4.78 is 0. The first kappa shape index (κ1) is 10.5. The smallest absolute Gasteiger partial charge is 0.235 e. The molecule has 2 rings (SSSR count). The standard InChI is InChI=1S/C10H14ClN3O/c11-5-10(15)12-6-8-4-9(14-13-8)7-2-1-3-7/h4,7H,1-3,5-6H2,(H,12,15)(H,13,14). The molecule has 1 amide bonds. The minimum absolute atomic E-state index is 0.00359. The van der Waals surface area contributed by atoms with Crippen LogP contribution in [0.4, 0.5) is 0 Å². The molecule has 1 saturated carbocycles. The zero-order valence-electron chi connectivity index (χ0n) is 8.42. The first-order chi connectivity index (χ1) is 7.29. The van der Waals surface area contributed by atoms with Gasteiger partial charge in [0.15, 0.2) is 0 Å². The highest BCUT2D eigenvalue weighted by molar-refractivity contribution is 6.27. The summed E-state index contributed by atoms with van der Waals surface area (Å²) in [4.78, 5) is 10.9. The number of aromatic amines is 1. The number of hydrogen-bond donors (Lipinski definition) is 2. The molecular formula is C10H14ClN3O. The maximum Gasteiger partial charge on any atom is 0.235 e. The number of aromatic nitrogens is 2. The normalized spacial score (nSPS) is 16.1. The average molecular weight is 228 g/mol. The number of nitrogens with one attached hydrogen (secondary N) is 2. The second kappa shape index (κ2) is 4.66. The van der Waals surface area contributed by atoms with Crippen molar-refractivity contribution in [3.05, 3.63) is 17.5 Å². The topological polar surface area (TPSA) is 57.8 Å². The fraction of sp³-hybridized carbons (Fsp3) is 0.600. The van der Waals surface area contributed by atoms with Crippen molar-refractivity contribution in [3.8, 4) is 0 Å². The lowest BCUT2D eigenvalue weighted by atomic mass is 9.83. The van der Waals surface area contributed by atoms with Gasteiger partial charge >= 0.3 is 0 Å². The highest BCUT2D eigenvalue weighted by atomic mass is 35.5. The number of alkyl halides is 1. The minimum Gasteiger partial charge on any atom is -0.349 e. The van der Waals surface area contributed by atoms with Crippen LogP contribution in [0.1, 0.15) is 36.6 Å². The molecule has 1 aliphatic rings. The molecule has 0 spiro atoms. The van der Waals surface area contributed by atoms with E-state index in [9.17, 15) is 4.79 Å². The van der Waals surface area contributed by atoms with Crippen LogP contribution >= 0.6 is 11.6 Å². The predicted molar refractivity (Wildman–Crippen MR) is 57.7 cm³/mol. The molecule has 1 aromatic rings. The third kappa shape index (κ3) is 2.50. The molecule has 1 heterocycles. The number of halogens is 1. The van der Waals surface area contributed by atoms with Crippen LogP contribution in [-0.4, -0.2) is 22.0 Å². The summed E-state index contributed by atoms with van der Waals surface area (Å²) in [5.41, 5.74) is 2.06. The Morgan fingerprint density at radius 3 is 3.07 bits per heavy atom. The molecule has 1 fully saturated rings. The maximum atomic E-state index is 10.9. The van der Waals surface area contributed by atoms with Gasteiger partial charge in [-0.25, -0.2) is 0 Å². The Hall–Kier alpha value is -1.03. The van der Waals surface area contributed by atoms with Gasteiger partial charge < -0.3 is 5.32 Å². The summed E-state index contributed by atoms with van der Waals surface area (Å²) in [5.74, 6) is 0.471. The van der Waals surface area contributed by atoms with Crippen molar-refractivity contribution in [1.29, 1.82) is 0 Å². The average Bonchev–Trinajstić information content (AvgIpc) is 2.60. The largest absolute Gasteiger partial charge is 0.349 e. The van der Waals surface area contributed by atoms with E-state index in [1.807, 2.05) is 6.07 Å². The van der Waals surface area contributed by atoms with E-state index < -0.39 is 0 Å². The summed E-state index contributed by atoms with van der Waals surface area (Å²) in [7, 11) is 0. The van der Waals surface area contributed by atoms with Crippen LogP contribution in [-0.2, 0) is 11.3 Å². The molecule has 0 aromatic carbocycles. The third-order valence-electron chi connectivity index (χ3n) is 2.77. The summed E-state index contributed by atoms with van der Waals surface area (Å²) in [6.07, 6.45) is 3.77. The van der Waals surface area contributed by atoms with E-state index in [-0.39, 0.29) is 11.8 Å². The molecule has 1 aromatic heterocycles. The van der Waals surface area contributed by atoms with Crippen molar-refractivity contribution in [2.75, 3.05) is 5.88 Å². The monoisotopic (exact) mass is 227 g/mol. The highest BCUT2D eigenvalue weighted by Gasteiger charge is 2.21. The van der Waals surface area contributed by atoms with Crippen molar-refractivity contribution >= 4 is 17.5 Å². The van der Waals surface area contributed by atoms with Gasteiger partial charge in [0.2, 0.25) is 5.91 Å². The fourth-order valence-corrected chi connectivity index (χ4v) is 1.72. The van der Waals surface area contributed by atoms with Crippen LogP contribution < -0.4 is 5.32 Å². The van der Waals surface area contributed by atoms with E-state index in [1.54, 1.807) is 0 Å². The minimum atomic E-state index is -0.156. The van der Waals surface area contributed by atoms with E-state index in [4.69, 9.17) is 11.6 Å². The van der Waals surface area contributed by atoms with Crippen LogP contribution in [0.5, 0.6) is 0 Å². The van der Waals surface area contributed by atoms with Gasteiger partial charge in [0.05, 0.1) is 17.9 Å². The molecule has 0 atom stereocenters. The second-order valence-corrected chi connectivity index (χ2v) is 4.12. The van der Waals surface area contributed by atoms with Crippen molar-refractivity contribution in [3.63, 3.8) is 0 Å². The van der Waals surface area contributed by atoms with Crippen LogP contribution in [0.2, 0.25) is 0 Å². The van der Waals surface area contributed by atoms with E-state index in [0.717, 1.165) is 11.4 Å². The van der Waals surface area contributed by atoms with E-state index >= 15 is 0 Å². The van der Waals surface area contributed by atoms with Crippen LogP contribution in [0.15, 0.2) is 6.07 Å². The van der Waals surface area contributed by atoms with Crippen molar-refractivity contribution < 1.29 is 4.79 Å². The lowest BCUT2D eigenvalue weighted by Gasteiger charge is -2.22. The molecule has 0 aliphatic heterocycles. The molecular weight excluding hydrogens is 214 g/mol. The fourth-order valence-electron chi connectivity index (χ4n) is 1.62. The van der Waals surface area contributed by atoms with Crippen molar-refractivity contribution in [2.45, 2.75) is 31.7 Å². The van der Waals surface area contributed by atoms with Gasteiger partial charge in [-0.2, -0.15) is 5.10 Å². The third-order valence-corrected chi connectivity index (χ3v) is 3.01. The number of H-pyrrole nitrogens is 1. The zero-order valence-corrected chi connectivity index (χ0v) is 9.18. The van der Waals surface area contributed by atoms with Crippen LogP contribution in [0.25, 0.3) is 0 Å². The van der Waals surface area contributed by atoms with Gasteiger partial charge in [-0.05, 0) is 18.9 Å². The zero-order chi connectivity index (χ0) is 10.7. The van der Waals surface area contributed by atoms with Gasteiger partial charge in [-0.15, -0.1) is 11.6 Å². The maximum absolute atomic E-state index is 10.9. The molecule has 0 unspecified atom stereocenters. The van der Waals surface area contributed by atoms with Crippen molar-refractivity contribution in [2.24, 2.45) is 0 Å². The van der Waals surface area contributed by atoms with Gasteiger partial charge in [0.25, 0.3) is 0 Å². The number of nitrogens with zero attached hydrogens (tertiary/aromatic N) is 1. The molecule has 15 heavy (non-hydrogen) atoms. The predicted octanol–water partition coefficient (Wildman–Crippen LogP) is 1.53. The summed E-state index contributed by atoms with van der Waals surface area (Å²) in [5, 5.41) is 9.85. The SMILES string of the molecule is O=C(CCl)NCc1cc(C2CCC2)n[nH]1. The van der Waals surface area contributed by atoms with E-state index in [2.05, 4.69) is 15.5 Å². The van der Waals surface area contributed by atoms with Crippen LogP contribution in [0, 0.1) is 0 Å². The molecule has 0 bridgehead atoms. The molecule has 0 saturated heterocycles. The summed E-state index contributed by atoms with van der Waals surface area (Å²) in [6, 6.07) is 2.03. The lowest BCUT2D eigenvalue weighted by molar-refractivity contribution is -0.118. The number of carbonyl (C=O) groups excluding carboxylic acids is 1. The lowest BCUT2D eigenvalue weighted by Crippen LogP contribution is -2.23. The Morgan fingerprint density at radius 1 is 1.67 bits per heavy atom. The van der Waals surface area contributed by atoms with Gasteiger partial charge in [-0.1, -0.05) is 6.42 Å². The van der Waals surface area contributed by atoms with Gasteiger partial charge in [0, 0.05) is 5.92 Å². The Kier molecular flexibility index (Phi) is 3.26. The first-order valence-corrected chi connectivity index (χ1v) is 5.70. The van der Waals surface area contributed by atoms with Crippen LogP contribution in [0.3, 0.4) is 0 Å². The number of carbonyl (C=O) groups is 1. The van der Waals surface area contributed by atoms with Crippen molar-refractivity contribution in [1.82, 2.24) is 15.5 Å². The Balaban J connectivity index is 1.86. The molecule has 2 N–H and O–H groups in total.